The molecule has 5 nitrogen and oxygen atoms in total. The summed E-state index contributed by atoms with van der Waals surface area (Å²) in [7, 11) is 0. The number of carbonyl (C=O) groups excluding carboxylic acids is 1. The number of hydrogen-bond acceptors (Lipinski definition) is 5. The first-order chi connectivity index (χ1) is 10.3. The van der Waals surface area contributed by atoms with Crippen LogP contribution in [-0.4, -0.2) is 17.3 Å². The van der Waals surface area contributed by atoms with Crippen LogP contribution in [0.2, 0.25) is 0 Å². The minimum atomic E-state index is -4.80. The zero-order valence-electron chi connectivity index (χ0n) is 11.4. The number of anilines is 1. The van der Waals surface area contributed by atoms with E-state index < -0.39 is 12.3 Å². The average molecular weight is 331 g/mol. The Morgan fingerprint density at radius 2 is 2.09 bits per heavy atom. The van der Waals surface area contributed by atoms with Crippen LogP contribution in [0.4, 0.5) is 18.2 Å². The van der Waals surface area contributed by atoms with Crippen molar-refractivity contribution in [2.75, 3.05) is 5.73 Å². The van der Waals surface area contributed by atoms with E-state index in [1.165, 1.54) is 18.2 Å². The lowest BCUT2D eigenvalue weighted by Crippen LogP contribution is -2.25. The summed E-state index contributed by atoms with van der Waals surface area (Å²) in [6.07, 6.45) is -4.80. The van der Waals surface area contributed by atoms with Gasteiger partial charge in [0.15, 0.2) is 5.69 Å². The molecule has 0 bridgehead atoms. The van der Waals surface area contributed by atoms with Gasteiger partial charge in [0.1, 0.15) is 10.8 Å². The second-order valence-electron chi connectivity index (χ2n) is 4.28. The number of nitrogens with two attached hydrogens (primary N) is 1. The van der Waals surface area contributed by atoms with E-state index in [-0.39, 0.29) is 28.6 Å². The fourth-order valence-corrected chi connectivity index (χ4v) is 2.43. The second-order valence-corrected chi connectivity index (χ2v) is 5.52. The lowest BCUT2D eigenvalue weighted by atomic mass is 10.2. The number of alkyl halides is 3. The van der Waals surface area contributed by atoms with Crippen LogP contribution in [-0.2, 0) is 6.54 Å². The molecule has 0 unspecified atom stereocenters. The number of aryl methyl sites for hydroxylation is 1. The number of nitrogens with zero attached hydrogens (tertiary/aromatic N) is 1. The molecule has 1 aromatic carbocycles. The number of para-hydroxylation sites is 1. The van der Waals surface area contributed by atoms with Crippen molar-refractivity contribution in [3.8, 4) is 5.75 Å². The Labute approximate surface area is 127 Å². The molecule has 1 heterocycles. The molecule has 9 heteroatoms. The first-order valence-electron chi connectivity index (χ1n) is 6.11. The van der Waals surface area contributed by atoms with E-state index in [4.69, 9.17) is 5.73 Å². The standard InChI is InChI=1S/C13H12F3N3O2S/c1-7-19-10(11(17)22-7)12(20)18-6-8-4-2-3-5-9(8)21-13(14,15)16/h2-5H,6,17H2,1H3,(H,18,20). The first-order valence-corrected chi connectivity index (χ1v) is 6.92. The van der Waals surface area contributed by atoms with E-state index in [0.717, 1.165) is 11.3 Å². The molecule has 0 radical (unpaired) electrons. The van der Waals surface area contributed by atoms with Crippen LogP contribution < -0.4 is 15.8 Å². The van der Waals surface area contributed by atoms with Gasteiger partial charge in [-0.25, -0.2) is 4.98 Å². The molecule has 1 amide bonds. The predicted octanol–water partition coefficient (Wildman–Crippen LogP) is 2.86. The molecule has 3 N–H and O–H groups in total. The molecule has 2 rings (SSSR count). The average Bonchev–Trinajstić information content (AvgIpc) is 2.75. The minimum absolute atomic E-state index is 0.0664. The molecule has 118 valence electrons. The van der Waals surface area contributed by atoms with Gasteiger partial charge in [-0.15, -0.1) is 24.5 Å². The Morgan fingerprint density at radius 1 is 1.41 bits per heavy atom. The Bertz CT molecular complexity index is 685. The van der Waals surface area contributed by atoms with E-state index in [9.17, 15) is 18.0 Å². The van der Waals surface area contributed by atoms with Crippen molar-refractivity contribution in [3.63, 3.8) is 0 Å². The fraction of sp³-hybridized carbons (Fsp3) is 0.231. The van der Waals surface area contributed by atoms with E-state index in [2.05, 4.69) is 15.0 Å². The number of rotatable bonds is 4. The summed E-state index contributed by atoms with van der Waals surface area (Å²) in [5, 5.41) is 3.36. The molecule has 0 fully saturated rings. The molecule has 0 spiro atoms. The number of aromatic nitrogens is 1. The van der Waals surface area contributed by atoms with Crippen LogP contribution in [0.3, 0.4) is 0 Å². The number of nitrogen functional groups attached to an aromatic ring is 1. The summed E-state index contributed by atoms with van der Waals surface area (Å²) in [4.78, 5) is 15.9. The normalized spacial score (nSPS) is 11.3. The van der Waals surface area contributed by atoms with Crippen LogP contribution in [0.1, 0.15) is 21.1 Å². The van der Waals surface area contributed by atoms with Crippen LogP contribution in [0.25, 0.3) is 0 Å². The van der Waals surface area contributed by atoms with Crippen molar-refractivity contribution < 1.29 is 22.7 Å². The molecular formula is C13H12F3N3O2S. The smallest absolute Gasteiger partial charge is 0.405 e. The third kappa shape index (κ3) is 4.10. The molecule has 0 atom stereocenters. The zero-order chi connectivity index (χ0) is 16.3. The van der Waals surface area contributed by atoms with Crippen molar-refractivity contribution in [1.29, 1.82) is 0 Å². The number of nitrogens with one attached hydrogen (secondary N) is 1. The largest absolute Gasteiger partial charge is 0.573 e. The van der Waals surface area contributed by atoms with Crippen molar-refractivity contribution in [2.24, 2.45) is 0 Å². The maximum atomic E-state index is 12.3. The first kappa shape index (κ1) is 16.1. The predicted molar refractivity (Wildman–Crippen MR) is 75.6 cm³/mol. The van der Waals surface area contributed by atoms with Crippen molar-refractivity contribution >= 4 is 22.2 Å². The van der Waals surface area contributed by atoms with Crippen LogP contribution >= 0.6 is 11.3 Å². The van der Waals surface area contributed by atoms with Crippen molar-refractivity contribution in [2.45, 2.75) is 19.8 Å². The lowest BCUT2D eigenvalue weighted by Gasteiger charge is -2.13. The fourth-order valence-electron chi connectivity index (χ4n) is 1.74. The molecule has 22 heavy (non-hydrogen) atoms. The summed E-state index contributed by atoms with van der Waals surface area (Å²) in [6.45, 7) is 1.56. The summed E-state index contributed by atoms with van der Waals surface area (Å²) in [5.74, 6) is -0.915. The third-order valence-electron chi connectivity index (χ3n) is 2.61. The summed E-state index contributed by atoms with van der Waals surface area (Å²) >= 11 is 1.16. The van der Waals surface area contributed by atoms with Crippen molar-refractivity contribution in [1.82, 2.24) is 10.3 Å². The highest BCUT2D eigenvalue weighted by Crippen LogP contribution is 2.26. The van der Waals surface area contributed by atoms with Crippen LogP contribution in [0.5, 0.6) is 5.75 Å². The number of thiazole rings is 1. The van der Waals surface area contributed by atoms with Gasteiger partial charge < -0.3 is 15.8 Å². The number of hydrogen-bond donors (Lipinski definition) is 2. The Balaban J connectivity index is 2.09. The van der Waals surface area contributed by atoms with Crippen LogP contribution in [0.15, 0.2) is 24.3 Å². The van der Waals surface area contributed by atoms with Gasteiger partial charge in [0, 0.05) is 12.1 Å². The monoisotopic (exact) mass is 331 g/mol. The SMILES string of the molecule is Cc1nc(C(=O)NCc2ccccc2OC(F)(F)F)c(N)s1. The van der Waals surface area contributed by atoms with E-state index >= 15 is 0 Å². The highest BCUT2D eigenvalue weighted by atomic mass is 32.1. The Hall–Kier alpha value is -2.29. The number of carbonyl (C=O) groups is 1. The molecule has 1 aromatic heterocycles. The molecular weight excluding hydrogens is 319 g/mol. The van der Waals surface area contributed by atoms with E-state index in [1.807, 2.05) is 0 Å². The van der Waals surface area contributed by atoms with Gasteiger partial charge in [0.05, 0.1) is 5.01 Å². The maximum absolute atomic E-state index is 12.3. The molecule has 0 saturated heterocycles. The zero-order valence-corrected chi connectivity index (χ0v) is 12.2. The quantitative estimate of drug-likeness (QED) is 0.903. The second kappa shape index (κ2) is 6.22. The summed E-state index contributed by atoms with van der Waals surface area (Å²) in [5.41, 5.74) is 5.91. The molecule has 0 aliphatic carbocycles. The van der Waals surface area contributed by atoms with Gasteiger partial charge >= 0.3 is 6.36 Å². The highest BCUT2D eigenvalue weighted by molar-refractivity contribution is 7.15. The lowest BCUT2D eigenvalue weighted by molar-refractivity contribution is -0.274. The number of halogens is 3. The summed E-state index contributed by atoms with van der Waals surface area (Å²) in [6, 6.07) is 5.56. The number of ether oxygens (including phenoxy) is 1. The van der Waals surface area contributed by atoms with Gasteiger partial charge in [-0.2, -0.15) is 0 Å². The van der Waals surface area contributed by atoms with Gasteiger partial charge in [0.2, 0.25) is 0 Å². The Kier molecular flexibility index (Phi) is 4.55. The topological polar surface area (TPSA) is 77.2 Å². The minimum Gasteiger partial charge on any atom is -0.405 e. The van der Waals surface area contributed by atoms with Crippen LogP contribution in [0, 0.1) is 6.92 Å². The molecule has 0 saturated carbocycles. The van der Waals surface area contributed by atoms with Gasteiger partial charge in [0.25, 0.3) is 5.91 Å². The summed E-state index contributed by atoms with van der Waals surface area (Å²) < 4.78 is 40.8. The Morgan fingerprint density at radius 3 is 2.68 bits per heavy atom. The highest BCUT2D eigenvalue weighted by Gasteiger charge is 2.32. The van der Waals surface area contributed by atoms with Gasteiger partial charge in [-0.05, 0) is 13.0 Å². The van der Waals surface area contributed by atoms with E-state index in [0.29, 0.717) is 5.01 Å². The van der Waals surface area contributed by atoms with Crippen molar-refractivity contribution in [3.05, 3.63) is 40.5 Å². The van der Waals surface area contributed by atoms with E-state index in [1.54, 1.807) is 13.0 Å². The van der Waals surface area contributed by atoms with Gasteiger partial charge in [-0.1, -0.05) is 18.2 Å². The third-order valence-corrected chi connectivity index (χ3v) is 3.41. The molecule has 0 aliphatic heterocycles. The number of benzene rings is 1. The van der Waals surface area contributed by atoms with Gasteiger partial charge in [-0.3, -0.25) is 4.79 Å². The molecule has 0 aliphatic rings. The maximum Gasteiger partial charge on any atom is 0.573 e. The molecule has 2 aromatic rings. The number of amides is 1.